The summed E-state index contributed by atoms with van der Waals surface area (Å²) in [7, 11) is 0. The molecule has 6 heteroatoms. The van der Waals surface area contributed by atoms with E-state index in [2.05, 4.69) is 5.43 Å². The highest BCUT2D eigenvalue weighted by atomic mass is 35.5. The second-order valence-corrected chi connectivity index (χ2v) is 4.53. The molecule has 0 unspecified atom stereocenters. The summed E-state index contributed by atoms with van der Waals surface area (Å²) in [6.45, 7) is 1.52. The largest absolute Gasteiger partial charge is 0.300 e. The maximum Gasteiger partial charge on any atom is 0.191 e. The van der Waals surface area contributed by atoms with E-state index in [0.29, 0.717) is 0 Å². The summed E-state index contributed by atoms with van der Waals surface area (Å²) in [6.07, 6.45) is 1.68. The zero-order valence-electron chi connectivity index (χ0n) is 5.13. The molecule has 0 saturated heterocycles. The fourth-order valence-electron chi connectivity index (χ4n) is 0.425. The third-order valence-corrected chi connectivity index (χ3v) is 2.65. The Labute approximate surface area is 72.4 Å². The first kappa shape index (κ1) is 8.26. The fraction of sp³-hybridized carbons (Fsp3) is 0.250. The van der Waals surface area contributed by atoms with Crippen LogP contribution in [-0.2, 0) is 4.79 Å². The Balaban J connectivity index is 2.37. The molecule has 10 heavy (non-hydrogen) atoms. The lowest BCUT2D eigenvalue weighted by atomic mass is 10.9. The molecule has 0 saturated carbocycles. The summed E-state index contributed by atoms with van der Waals surface area (Å²) in [4.78, 5) is 10.5. The van der Waals surface area contributed by atoms with E-state index in [4.69, 9.17) is 11.8 Å². The van der Waals surface area contributed by atoms with Gasteiger partial charge in [-0.25, -0.2) is 0 Å². The average molecular weight is 197 g/mol. The molecule has 56 valence electrons. The van der Waals surface area contributed by atoms with Crippen molar-refractivity contribution in [2.75, 3.05) is 0 Å². The van der Waals surface area contributed by atoms with Crippen LogP contribution < -0.4 is 5.43 Å². The van der Waals surface area contributed by atoms with Crippen molar-refractivity contribution in [2.45, 2.75) is 6.92 Å². The van der Waals surface area contributed by atoms with Gasteiger partial charge in [0.15, 0.2) is 5.12 Å². The van der Waals surface area contributed by atoms with Crippen molar-refractivity contribution in [2.24, 2.45) is 0 Å². The SMILES string of the molecule is CC(=O)SC1=CNN(Cl)S1. The molecule has 1 aliphatic heterocycles. The molecule has 3 nitrogen and oxygen atoms in total. The molecule has 1 N–H and O–H groups in total. The van der Waals surface area contributed by atoms with Gasteiger partial charge in [-0.1, -0.05) is 3.93 Å². The van der Waals surface area contributed by atoms with Crippen LogP contribution in [0.5, 0.6) is 0 Å². The number of rotatable bonds is 1. The molecule has 0 aromatic carbocycles. The number of carbonyl (C=O) groups excluding carboxylic acids is 1. The summed E-state index contributed by atoms with van der Waals surface area (Å²) in [5.41, 5.74) is 2.70. The smallest absolute Gasteiger partial charge is 0.191 e. The number of nitrogens with one attached hydrogen (secondary N) is 1. The molecule has 0 radical (unpaired) electrons. The number of carbonyl (C=O) groups is 1. The van der Waals surface area contributed by atoms with Crippen LogP contribution in [0.3, 0.4) is 0 Å². The van der Waals surface area contributed by atoms with Crippen LogP contribution in [0.25, 0.3) is 0 Å². The second-order valence-electron chi connectivity index (χ2n) is 1.52. The topological polar surface area (TPSA) is 32.3 Å². The zero-order valence-corrected chi connectivity index (χ0v) is 7.52. The number of hydrogen-bond acceptors (Lipinski definition) is 5. The Hall–Kier alpha value is 0.160. The Morgan fingerprint density at radius 1 is 2.00 bits per heavy atom. The van der Waals surface area contributed by atoms with Gasteiger partial charge >= 0.3 is 0 Å². The van der Waals surface area contributed by atoms with Crippen molar-refractivity contribution < 1.29 is 4.79 Å². The quantitative estimate of drug-likeness (QED) is 0.510. The lowest BCUT2D eigenvalue weighted by molar-refractivity contribution is -0.109. The van der Waals surface area contributed by atoms with Gasteiger partial charge in [0, 0.05) is 36.8 Å². The van der Waals surface area contributed by atoms with E-state index >= 15 is 0 Å². The Morgan fingerprint density at radius 2 is 2.70 bits per heavy atom. The first-order chi connectivity index (χ1) is 4.68. The van der Waals surface area contributed by atoms with Gasteiger partial charge in [-0.2, -0.15) is 0 Å². The molecule has 0 aromatic rings. The van der Waals surface area contributed by atoms with Crippen LogP contribution in [0.4, 0.5) is 0 Å². The lowest BCUT2D eigenvalue weighted by Crippen LogP contribution is -2.10. The predicted octanol–water partition coefficient (Wildman–Crippen LogP) is 1.69. The van der Waals surface area contributed by atoms with E-state index in [1.807, 2.05) is 0 Å². The Morgan fingerprint density at radius 3 is 3.10 bits per heavy atom. The maximum atomic E-state index is 10.5. The summed E-state index contributed by atoms with van der Waals surface area (Å²) >= 11 is 7.95. The van der Waals surface area contributed by atoms with Crippen LogP contribution in [0, 0.1) is 0 Å². The van der Waals surface area contributed by atoms with Crippen molar-refractivity contribution in [1.82, 2.24) is 9.36 Å². The lowest BCUT2D eigenvalue weighted by Gasteiger charge is -2.00. The Kier molecular flexibility index (Phi) is 2.91. The van der Waals surface area contributed by atoms with E-state index in [1.54, 1.807) is 6.20 Å². The normalized spacial score (nSPS) is 18.4. The highest BCUT2D eigenvalue weighted by Gasteiger charge is 2.14. The van der Waals surface area contributed by atoms with Crippen molar-refractivity contribution in [3.05, 3.63) is 10.4 Å². The van der Waals surface area contributed by atoms with Crippen molar-refractivity contribution in [1.29, 1.82) is 0 Å². The van der Waals surface area contributed by atoms with E-state index in [-0.39, 0.29) is 5.12 Å². The van der Waals surface area contributed by atoms with Gasteiger partial charge in [-0.05, 0) is 11.8 Å². The molecule has 1 aliphatic rings. The van der Waals surface area contributed by atoms with Crippen LogP contribution in [0.1, 0.15) is 6.92 Å². The molecular formula is C4H5ClN2OS2. The Bertz CT molecular complexity index is 184. The van der Waals surface area contributed by atoms with Crippen molar-refractivity contribution >= 4 is 40.6 Å². The minimum Gasteiger partial charge on any atom is -0.300 e. The predicted molar refractivity (Wildman–Crippen MR) is 44.8 cm³/mol. The molecular weight excluding hydrogens is 192 g/mol. The van der Waals surface area contributed by atoms with Gasteiger partial charge in [0.25, 0.3) is 0 Å². The van der Waals surface area contributed by atoms with Crippen molar-refractivity contribution in [3.8, 4) is 0 Å². The molecule has 0 fully saturated rings. The molecule has 0 spiro atoms. The highest BCUT2D eigenvalue weighted by Crippen LogP contribution is 2.34. The summed E-state index contributed by atoms with van der Waals surface area (Å²) < 4.78 is 2.17. The van der Waals surface area contributed by atoms with Crippen LogP contribution in [0.2, 0.25) is 0 Å². The van der Waals surface area contributed by atoms with E-state index in [1.165, 1.54) is 22.8 Å². The molecule has 1 heterocycles. The fourth-order valence-corrected chi connectivity index (χ4v) is 2.31. The first-order valence-electron chi connectivity index (χ1n) is 2.47. The number of halogens is 1. The van der Waals surface area contributed by atoms with Gasteiger partial charge in [-0.15, -0.1) is 0 Å². The number of hydrogen-bond donors (Lipinski definition) is 1. The molecule has 0 aliphatic carbocycles. The van der Waals surface area contributed by atoms with Gasteiger partial charge in [0.2, 0.25) is 0 Å². The second kappa shape index (κ2) is 3.52. The maximum absolute atomic E-state index is 10.5. The number of thioether (sulfide) groups is 1. The van der Waals surface area contributed by atoms with Gasteiger partial charge in [-0.3, -0.25) is 4.79 Å². The highest BCUT2D eigenvalue weighted by molar-refractivity contribution is 8.29. The number of nitrogens with zero attached hydrogens (tertiary/aromatic N) is 1. The van der Waals surface area contributed by atoms with Gasteiger partial charge < -0.3 is 5.43 Å². The monoisotopic (exact) mass is 196 g/mol. The van der Waals surface area contributed by atoms with E-state index in [9.17, 15) is 4.79 Å². The average Bonchev–Trinajstić information content (AvgIpc) is 2.13. The van der Waals surface area contributed by atoms with Crippen LogP contribution in [0.15, 0.2) is 10.4 Å². The van der Waals surface area contributed by atoms with E-state index < -0.39 is 0 Å². The zero-order chi connectivity index (χ0) is 7.56. The summed E-state index contributed by atoms with van der Waals surface area (Å²) in [6, 6.07) is 0. The molecule has 0 aromatic heterocycles. The third kappa shape index (κ3) is 2.42. The van der Waals surface area contributed by atoms with Gasteiger partial charge in [0.05, 0.1) is 4.24 Å². The molecule has 0 atom stereocenters. The van der Waals surface area contributed by atoms with Crippen LogP contribution in [-0.4, -0.2) is 9.05 Å². The third-order valence-electron chi connectivity index (χ3n) is 0.698. The van der Waals surface area contributed by atoms with Crippen LogP contribution >= 0.6 is 35.5 Å². The summed E-state index contributed by atoms with van der Waals surface area (Å²) in [5.74, 6) is 0. The molecule has 1 rings (SSSR count). The molecule has 0 amide bonds. The van der Waals surface area contributed by atoms with E-state index in [0.717, 1.165) is 16.0 Å². The minimum atomic E-state index is 0.0625. The summed E-state index contributed by atoms with van der Waals surface area (Å²) in [5, 5.41) is 0.0625. The molecule has 0 bridgehead atoms. The standard InChI is InChI=1S/C4H5ClN2OS2/c1-3(8)9-4-2-6-7(5)10-4/h2,6H,1H3. The minimum absolute atomic E-state index is 0.0625. The van der Waals surface area contributed by atoms with Gasteiger partial charge in [0.1, 0.15) is 0 Å². The number of hydrazine groups is 1. The first-order valence-corrected chi connectivity index (χ1v) is 4.40. The van der Waals surface area contributed by atoms with Crippen molar-refractivity contribution in [3.63, 3.8) is 0 Å².